The minimum absolute atomic E-state index is 0.0749. The molecule has 2 amide bonds. The monoisotopic (exact) mass is 384 g/mol. The lowest BCUT2D eigenvalue weighted by Gasteiger charge is -2.27. The number of halogens is 2. The summed E-state index contributed by atoms with van der Waals surface area (Å²) in [6.07, 6.45) is 1.96. The Balaban J connectivity index is 1.78. The largest absolute Gasteiger partial charge is 0.433 e. The van der Waals surface area contributed by atoms with Gasteiger partial charge in [-0.05, 0) is 25.0 Å². The Bertz CT molecular complexity index is 700. The van der Waals surface area contributed by atoms with Gasteiger partial charge in [-0.1, -0.05) is 0 Å². The molecule has 148 valence electrons. The minimum Gasteiger partial charge on any atom is -0.433 e. The molecule has 27 heavy (non-hydrogen) atoms. The number of amides is 2. The minimum atomic E-state index is -3.08. The van der Waals surface area contributed by atoms with Crippen molar-refractivity contribution in [3.05, 3.63) is 18.2 Å². The number of morpholine rings is 1. The number of rotatable bonds is 8. The third-order valence-electron chi connectivity index (χ3n) is 4.30. The fourth-order valence-corrected chi connectivity index (χ4v) is 2.77. The highest BCUT2D eigenvalue weighted by molar-refractivity contribution is 5.98. The van der Waals surface area contributed by atoms with Gasteiger partial charge in [0.2, 0.25) is 5.91 Å². The van der Waals surface area contributed by atoms with Gasteiger partial charge in [-0.25, -0.2) is 0 Å². The zero-order valence-corrected chi connectivity index (χ0v) is 14.6. The van der Waals surface area contributed by atoms with E-state index in [1.54, 1.807) is 6.07 Å². The highest BCUT2D eigenvalue weighted by Gasteiger charge is 2.28. The molecule has 0 bridgehead atoms. The maximum atomic E-state index is 12.8. The van der Waals surface area contributed by atoms with Crippen molar-refractivity contribution in [3.63, 3.8) is 0 Å². The highest BCUT2D eigenvalue weighted by atomic mass is 19.3. The number of anilines is 2. The molecule has 0 unspecified atom stereocenters. The maximum absolute atomic E-state index is 12.8. The van der Waals surface area contributed by atoms with Gasteiger partial charge in [0, 0.05) is 30.9 Å². The van der Waals surface area contributed by atoms with Crippen LogP contribution >= 0.6 is 0 Å². The van der Waals surface area contributed by atoms with Crippen molar-refractivity contribution in [1.29, 1.82) is 0 Å². The molecule has 1 saturated carbocycles. The molecule has 1 aliphatic heterocycles. The smallest absolute Gasteiger partial charge is 0.387 e. The van der Waals surface area contributed by atoms with E-state index in [1.165, 1.54) is 17.0 Å². The summed E-state index contributed by atoms with van der Waals surface area (Å²) in [5, 5.41) is 5.67. The first-order valence-electron chi connectivity index (χ1n) is 8.72. The molecular weight excluding hydrogens is 362 g/mol. The number of nitrogens with one attached hydrogen (secondary N) is 2. The predicted octanol–water partition coefficient (Wildman–Crippen LogP) is 0.669. The normalized spacial score (nSPS) is 18.5. The number of ether oxygens (including phenoxy) is 2. The van der Waals surface area contributed by atoms with Gasteiger partial charge in [0.25, 0.3) is 5.91 Å². The molecule has 1 saturated heterocycles. The second kappa shape index (κ2) is 8.59. The SMILES string of the molecule is NC[C@H](NC1CC1)C(=O)Nc1ccc(N2CCOCC2=O)cc1OC(F)F. The van der Waals surface area contributed by atoms with E-state index in [1.807, 2.05) is 0 Å². The van der Waals surface area contributed by atoms with Gasteiger partial charge >= 0.3 is 6.61 Å². The van der Waals surface area contributed by atoms with Crippen molar-refractivity contribution in [1.82, 2.24) is 5.32 Å². The summed E-state index contributed by atoms with van der Waals surface area (Å²) in [5.74, 6) is -0.936. The molecule has 0 spiro atoms. The van der Waals surface area contributed by atoms with Crippen LogP contribution in [0.1, 0.15) is 12.8 Å². The Morgan fingerprint density at radius 3 is 2.81 bits per heavy atom. The zero-order chi connectivity index (χ0) is 19.4. The van der Waals surface area contributed by atoms with Crippen LogP contribution in [0.15, 0.2) is 18.2 Å². The van der Waals surface area contributed by atoms with Crippen LogP contribution in [0.3, 0.4) is 0 Å². The first kappa shape index (κ1) is 19.5. The van der Waals surface area contributed by atoms with Crippen LogP contribution in [0, 0.1) is 0 Å². The Morgan fingerprint density at radius 2 is 2.19 bits per heavy atom. The standard InChI is InChI=1S/C17H22F2N4O4/c18-17(19)27-14-7-11(23-5-6-26-9-15(23)24)3-4-12(14)22-16(25)13(8-20)21-10-1-2-10/h3-4,7,10,13,17,21H,1-2,5-6,8-9,20H2,(H,22,25)/t13-/m0/s1. The van der Waals surface area contributed by atoms with E-state index < -0.39 is 18.6 Å². The number of carbonyl (C=O) groups excluding carboxylic acids is 2. The lowest BCUT2D eigenvalue weighted by Crippen LogP contribution is -2.46. The fourth-order valence-electron chi connectivity index (χ4n) is 2.77. The molecule has 4 N–H and O–H groups in total. The molecule has 8 nitrogen and oxygen atoms in total. The predicted molar refractivity (Wildman–Crippen MR) is 93.9 cm³/mol. The first-order chi connectivity index (χ1) is 13.0. The van der Waals surface area contributed by atoms with Crippen LogP contribution in [0.4, 0.5) is 20.2 Å². The molecule has 1 aromatic carbocycles. The van der Waals surface area contributed by atoms with Crippen molar-refractivity contribution >= 4 is 23.2 Å². The molecule has 1 aliphatic carbocycles. The van der Waals surface area contributed by atoms with E-state index in [0.29, 0.717) is 18.8 Å². The van der Waals surface area contributed by atoms with E-state index in [4.69, 9.17) is 10.5 Å². The summed E-state index contributed by atoms with van der Waals surface area (Å²) in [6.45, 7) is -2.42. The number of nitrogens with two attached hydrogens (primary N) is 1. The van der Waals surface area contributed by atoms with Crippen LogP contribution in [0.2, 0.25) is 0 Å². The van der Waals surface area contributed by atoms with Gasteiger partial charge in [-0.15, -0.1) is 0 Å². The summed E-state index contributed by atoms with van der Waals surface area (Å²) in [6, 6.07) is 3.92. The number of hydrogen-bond acceptors (Lipinski definition) is 6. The number of nitrogens with zero attached hydrogens (tertiary/aromatic N) is 1. The van der Waals surface area contributed by atoms with Crippen molar-refractivity contribution < 1.29 is 27.8 Å². The molecule has 3 rings (SSSR count). The van der Waals surface area contributed by atoms with Crippen molar-refractivity contribution in [3.8, 4) is 5.75 Å². The van der Waals surface area contributed by atoms with Crippen LogP contribution < -0.4 is 26.0 Å². The molecule has 0 aromatic heterocycles. The van der Waals surface area contributed by atoms with E-state index in [-0.39, 0.29) is 36.5 Å². The molecule has 10 heteroatoms. The van der Waals surface area contributed by atoms with E-state index >= 15 is 0 Å². The first-order valence-corrected chi connectivity index (χ1v) is 8.72. The third kappa shape index (κ3) is 5.12. The van der Waals surface area contributed by atoms with E-state index in [9.17, 15) is 18.4 Å². The fraction of sp³-hybridized carbons (Fsp3) is 0.529. The number of alkyl halides is 2. The summed E-state index contributed by atoms with van der Waals surface area (Å²) < 4.78 is 35.3. The quantitative estimate of drug-likeness (QED) is 0.608. The highest BCUT2D eigenvalue weighted by Crippen LogP contribution is 2.32. The molecule has 0 radical (unpaired) electrons. The maximum Gasteiger partial charge on any atom is 0.387 e. The topological polar surface area (TPSA) is 106 Å². The van der Waals surface area contributed by atoms with Gasteiger partial charge in [-0.2, -0.15) is 8.78 Å². The summed E-state index contributed by atoms with van der Waals surface area (Å²) in [7, 11) is 0. The molecule has 2 aliphatic rings. The van der Waals surface area contributed by atoms with Gasteiger partial charge in [0.05, 0.1) is 18.3 Å². The average molecular weight is 384 g/mol. The van der Waals surface area contributed by atoms with Gasteiger partial charge in [0.15, 0.2) is 5.75 Å². The van der Waals surface area contributed by atoms with E-state index in [2.05, 4.69) is 15.4 Å². The Labute approximate surface area is 155 Å². The average Bonchev–Trinajstić information content (AvgIpc) is 3.45. The Hall–Kier alpha value is -2.30. The number of hydrogen-bond donors (Lipinski definition) is 3. The van der Waals surface area contributed by atoms with E-state index in [0.717, 1.165) is 12.8 Å². The molecule has 1 heterocycles. The van der Waals surface area contributed by atoms with Gasteiger partial charge in [0.1, 0.15) is 6.61 Å². The van der Waals surface area contributed by atoms with Crippen molar-refractivity contribution in [2.75, 3.05) is 36.5 Å². The lowest BCUT2D eigenvalue weighted by atomic mass is 10.2. The molecule has 1 aromatic rings. The van der Waals surface area contributed by atoms with Crippen LogP contribution in [-0.4, -0.2) is 56.8 Å². The number of carbonyl (C=O) groups is 2. The second-order valence-electron chi connectivity index (χ2n) is 6.38. The summed E-state index contributed by atoms with van der Waals surface area (Å²) in [5.41, 5.74) is 6.10. The van der Waals surface area contributed by atoms with Crippen molar-refractivity contribution in [2.24, 2.45) is 5.73 Å². The van der Waals surface area contributed by atoms with Gasteiger partial charge < -0.3 is 30.7 Å². The molecular formula is C17H22F2N4O4. The van der Waals surface area contributed by atoms with Crippen LogP contribution in [0.25, 0.3) is 0 Å². The second-order valence-corrected chi connectivity index (χ2v) is 6.38. The Kier molecular flexibility index (Phi) is 6.19. The zero-order valence-electron chi connectivity index (χ0n) is 14.6. The van der Waals surface area contributed by atoms with Crippen LogP contribution in [0.5, 0.6) is 5.75 Å². The third-order valence-corrected chi connectivity index (χ3v) is 4.30. The summed E-state index contributed by atoms with van der Waals surface area (Å²) in [4.78, 5) is 25.8. The van der Waals surface area contributed by atoms with Crippen LogP contribution in [-0.2, 0) is 14.3 Å². The van der Waals surface area contributed by atoms with Gasteiger partial charge in [-0.3, -0.25) is 9.59 Å². The molecule has 2 fully saturated rings. The molecule has 1 atom stereocenters. The Morgan fingerprint density at radius 1 is 1.41 bits per heavy atom. The lowest BCUT2D eigenvalue weighted by molar-refractivity contribution is -0.125. The summed E-state index contributed by atoms with van der Waals surface area (Å²) >= 11 is 0. The number of benzene rings is 1. The van der Waals surface area contributed by atoms with Crippen molar-refractivity contribution in [2.45, 2.75) is 31.5 Å².